The molecule has 0 atom stereocenters. The van der Waals surface area contributed by atoms with E-state index in [1.54, 1.807) is 38.1 Å². The molecule has 0 aliphatic carbocycles. The van der Waals surface area contributed by atoms with E-state index in [0.717, 1.165) is 12.4 Å². The molecule has 2 heterocycles. The molecule has 0 saturated carbocycles. The summed E-state index contributed by atoms with van der Waals surface area (Å²) < 4.78 is 17.8. The Morgan fingerprint density at radius 3 is 2.33 bits per heavy atom. The van der Waals surface area contributed by atoms with Crippen molar-refractivity contribution in [3.63, 3.8) is 0 Å². The van der Waals surface area contributed by atoms with Crippen LogP contribution in [0.15, 0.2) is 61.1 Å². The summed E-state index contributed by atoms with van der Waals surface area (Å²) in [7, 11) is 6.67. The van der Waals surface area contributed by atoms with E-state index < -0.39 is 0 Å². The fourth-order valence-electron chi connectivity index (χ4n) is 3.31. The Morgan fingerprint density at radius 1 is 0.939 bits per heavy atom. The van der Waals surface area contributed by atoms with Crippen LogP contribution in [-0.2, 0) is 6.54 Å². The number of anilines is 3. The largest absolute Gasteiger partial charge is 0.493 e. The zero-order chi connectivity index (χ0) is 23.2. The molecule has 0 spiro atoms. The average Bonchev–Trinajstić information content (AvgIpc) is 3.35. The predicted octanol–water partition coefficient (Wildman–Crippen LogP) is 3.46. The number of benzene rings is 2. The molecule has 170 valence electrons. The highest BCUT2D eigenvalue weighted by atomic mass is 16.5. The third-order valence-electron chi connectivity index (χ3n) is 4.91. The summed E-state index contributed by atoms with van der Waals surface area (Å²) in [4.78, 5) is 15.0. The van der Waals surface area contributed by atoms with Crippen molar-refractivity contribution in [3.05, 3.63) is 66.6 Å². The first-order chi connectivity index (χ1) is 16.1. The quantitative estimate of drug-likeness (QED) is 0.413. The van der Waals surface area contributed by atoms with E-state index in [1.807, 2.05) is 37.5 Å². The lowest BCUT2D eigenvalue weighted by Crippen LogP contribution is -2.17. The first kappa shape index (κ1) is 21.9. The minimum Gasteiger partial charge on any atom is -0.493 e. The first-order valence-electron chi connectivity index (χ1n) is 10.2. The van der Waals surface area contributed by atoms with Crippen molar-refractivity contribution in [3.8, 4) is 23.2 Å². The SMILES string of the molecule is COc1cc(Nc2ncnc(-n3ccc(N(C)Cc4ccccc4)n3)n2)cc(OC)c1OC. The molecule has 2 aromatic carbocycles. The van der Waals surface area contributed by atoms with Crippen LogP contribution in [0.5, 0.6) is 17.2 Å². The lowest BCUT2D eigenvalue weighted by molar-refractivity contribution is 0.324. The normalized spacial score (nSPS) is 10.5. The monoisotopic (exact) mass is 447 g/mol. The van der Waals surface area contributed by atoms with Gasteiger partial charge in [0.1, 0.15) is 6.33 Å². The zero-order valence-corrected chi connectivity index (χ0v) is 18.9. The van der Waals surface area contributed by atoms with Crippen molar-refractivity contribution in [1.82, 2.24) is 24.7 Å². The molecule has 0 fully saturated rings. The molecule has 4 aromatic rings. The van der Waals surface area contributed by atoms with E-state index in [-0.39, 0.29) is 0 Å². The molecule has 0 aliphatic heterocycles. The lowest BCUT2D eigenvalue weighted by atomic mass is 10.2. The molecule has 10 nitrogen and oxygen atoms in total. The summed E-state index contributed by atoms with van der Waals surface area (Å²) in [6.07, 6.45) is 3.24. The Balaban J connectivity index is 1.53. The van der Waals surface area contributed by atoms with Crippen LogP contribution in [0.2, 0.25) is 0 Å². The minimum atomic E-state index is 0.351. The van der Waals surface area contributed by atoms with Gasteiger partial charge in [-0.05, 0) is 5.56 Å². The molecule has 4 rings (SSSR count). The van der Waals surface area contributed by atoms with E-state index in [1.165, 1.54) is 11.9 Å². The Morgan fingerprint density at radius 2 is 1.67 bits per heavy atom. The van der Waals surface area contributed by atoms with Crippen LogP contribution >= 0.6 is 0 Å². The molecule has 0 amide bonds. The highest BCUT2D eigenvalue weighted by Gasteiger charge is 2.15. The standard InChI is InChI=1S/C23H25N7O3/c1-29(14-16-8-6-5-7-9-16)20-10-11-30(28-20)23-25-15-24-22(27-23)26-17-12-18(31-2)21(33-4)19(13-17)32-3/h5-13,15H,14H2,1-4H3,(H,24,25,26,27). The van der Waals surface area contributed by atoms with Crippen LogP contribution in [0.25, 0.3) is 5.95 Å². The highest BCUT2D eigenvalue weighted by Crippen LogP contribution is 2.40. The maximum Gasteiger partial charge on any atom is 0.255 e. The van der Waals surface area contributed by atoms with Gasteiger partial charge in [-0.15, -0.1) is 5.10 Å². The van der Waals surface area contributed by atoms with Crippen LogP contribution in [0.4, 0.5) is 17.5 Å². The number of hydrogen-bond acceptors (Lipinski definition) is 9. The molecule has 0 unspecified atom stereocenters. The van der Waals surface area contributed by atoms with E-state index in [9.17, 15) is 0 Å². The van der Waals surface area contributed by atoms with Crippen molar-refractivity contribution in [2.75, 3.05) is 38.6 Å². The van der Waals surface area contributed by atoms with Crippen LogP contribution in [0.1, 0.15) is 5.56 Å². The van der Waals surface area contributed by atoms with Gasteiger partial charge in [0.25, 0.3) is 5.95 Å². The Kier molecular flexibility index (Phi) is 6.53. The van der Waals surface area contributed by atoms with Gasteiger partial charge in [0.05, 0.1) is 21.3 Å². The summed E-state index contributed by atoms with van der Waals surface area (Å²) in [6.45, 7) is 0.739. The molecule has 0 saturated heterocycles. The summed E-state index contributed by atoms with van der Waals surface area (Å²) in [5.74, 6) is 3.09. The van der Waals surface area contributed by atoms with Crippen molar-refractivity contribution >= 4 is 17.5 Å². The Labute approximate surface area is 191 Å². The Hall–Kier alpha value is -4.34. The van der Waals surface area contributed by atoms with Crippen LogP contribution < -0.4 is 24.4 Å². The number of ether oxygens (including phenoxy) is 3. The third-order valence-corrected chi connectivity index (χ3v) is 4.91. The minimum absolute atomic E-state index is 0.351. The lowest BCUT2D eigenvalue weighted by Gasteiger charge is -2.16. The average molecular weight is 447 g/mol. The summed E-state index contributed by atoms with van der Waals surface area (Å²) in [5, 5.41) is 7.76. The van der Waals surface area contributed by atoms with Gasteiger partial charge < -0.3 is 24.4 Å². The van der Waals surface area contributed by atoms with E-state index in [0.29, 0.717) is 34.8 Å². The van der Waals surface area contributed by atoms with Crippen LogP contribution in [0, 0.1) is 0 Å². The summed E-state index contributed by atoms with van der Waals surface area (Å²) >= 11 is 0. The second kappa shape index (κ2) is 9.86. The maximum atomic E-state index is 5.40. The van der Waals surface area contributed by atoms with Gasteiger partial charge in [-0.1, -0.05) is 30.3 Å². The van der Waals surface area contributed by atoms with Crippen LogP contribution in [0.3, 0.4) is 0 Å². The fraction of sp³-hybridized carbons (Fsp3) is 0.217. The van der Waals surface area contributed by atoms with Gasteiger partial charge in [0, 0.05) is 43.7 Å². The van der Waals surface area contributed by atoms with Gasteiger partial charge in [0.2, 0.25) is 11.7 Å². The number of rotatable bonds is 9. The topological polar surface area (TPSA) is 99.5 Å². The van der Waals surface area contributed by atoms with Crippen molar-refractivity contribution in [2.24, 2.45) is 0 Å². The second-order valence-electron chi connectivity index (χ2n) is 7.11. The highest BCUT2D eigenvalue weighted by molar-refractivity contribution is 5.65. The molecule has 0 bridgehead atoms. The molecule has 10 heteroatoms. The zero-order valence-electron chi connectivity index (χ0n) is 18.9. The summed E-state index contributed by atoms with van der Waals surface area (Å²) in [5.41, 5.74) is 1.87. The van der Waals surface area contributed by atoms with E-state index >= 15 is 0 Å². The first-order valence-corrected chi connectivity index (χ1v) is 10.2. The van der Waals surface area contributed by atoms with Gasteiger partial charge >= 0.3 is 0 Å². The van der Waals surface area contributed by atoms with Gasteiger partial charge in [-0.2, -0.15) is 9.97 Å². The van der Waals surface area contributed by atoms with Crippen molar-refractivity contribution in [2.45, 2.75) is 6.54 Å². The third kappa shape index (κ3) is 4.95. The number of hydrogen-bond donors (Lipinski definition) is 1. The number of aromatic nitrogens is 5. The van der Waals surface area contributed by atoms with Crippen molar-refractivity contribution in [1.29, 1.82) is 0 Å². The molecule has 2 aromatic heterocycles. The van der Waals surface area contributed by atoms with Gasteiger partial charge in [-0.3, -0.25) is 0 Å². The van der Waals surface area contributed by atoms with Crippen molar-refractivity contribution < 1.29 is 14.2 Å². The number of nitrogens with zero attached hydrogens (tertiary/aromatic N) is 6. The Bertz CT molecular complexity index is 1190. The van der Waals surface area contributed by atoms with Gasteiger partial charge in [0.15, 0.2) is 17.3 Å². The summed E-state index contributed by atoms with van der Waals surface area (Å²) in [6, 6.07) is 15.7. The molecule has 33 heavy (non-hydrogen) atoms. The molecule has 0 aliphatic rings. The fourth-order valence-corrected chi connectivity index (χ4v) is 3.31. The number of methoxy groups -OCH3 is 3. The smallest absolute Gasteiger partial charge is 0.255 e. The number of nitrogens with one attached hydrogen (secondary N) is 1. The second-order valence-corrected chi connectivity index (χ2v) is 7.11. The van der Waals surface area contributed by atoms with E-state index in [2.05, 4.69) is 42.4 Å². The maximum absolute atomic E-state index is 5.40. The molecule has 1 N–H and O–H groups in total. The van der Waals surface area contributed by atoms with E-state index in [4.69, 9.17) is 14.2 Å². The van der Waals surface area contributed by atoms with Gasteiger partial charge in [-0.25, -0.2) is 9.67 Å². The molecular weight excluding hydrogens is 422 g/mol. The molecule has 0 radical (unpaired) electrons. The van der Waals surface area contributed by atoms with Crippen LogP contribution in [-0.4, -0.2) is 53.1 Å². The predicted molar refractivity (Wildman–Crippen MR) is 125 cm³/mol. The molecular formula is C23H25N7O3.